The van der Waals surface area contributed by atoms with Crippen LogP contribution >= 0.6 is 23.2 Å². The number of carboxylic acid groups (broad SMARTS) is 1. The maximum absolute atomic E-state index is 14.1. The van der Waals surface area contributed by atoms with Crippen LogP contribution in [0.15, 0.2) is 66.7 Å². The molecule has 0 radical (unpaired) electrons. The van der Waals surface area contributed by atoms with Crippen molar-refractivity contribution in [2.45, 2.75) is 56.2 Å². The van der Waals surface area contributed by atoms with Gasteiger partial charge in [0.15, 0.2) is 0 Å². The van der Waals surface area contributed by atoms with Crippen LogP contribution in [0.5, 0.6) is 0 Å². The molecule has 1 aliphatic carbocycles. The summed E-state index contributed by atoms with van der Waals surface area (Å²) in [6.45, 7) is 0.197. The number of rotatable bonds is 7. The molecule has 1 fully saturated rings. The molecule has 9 heteroatoms. The Kier molecular flexibility index (Phi) is 8.45. The van der Waals surface area contributed by atoms with Crippen LogP contribution in [0, 0.1) is 0 Å². The molecule has 5 rings (SSSR count). The van der Waals surface area contributed by atoms with Gasteiger partial charge in [-0.25, -0.2) is 4.79 Å². The van der Waals surface area contributed by atoms with Crippen LogP contribution in [-0.4, -0.2) is 51.6 Å². The smallest absolute Gasteiger partial charge is 0.335 e. The first-order chi connectivity index (χ1) is 19.3. The zero-order valence-electron chi connectivity index (χ0n) is 21.7. The number of aromatic carboxylic acids is 1. The molecule has 2 aliphatic rings. The fraction of sp³-hybridized carbons (Fsp3) is 0.323. The van der Waals surface area contributed by atoms with E-state index in [4.69, 9.17) is 23.2 Å². The van der Waals surface area contributed by atoms with Gasteiger partial charge in [-0.1, -0.05) is 78.5 Å². The van der Waals surface area contributed by atoms with Gasteiger partial charge < -0.3 is 20.4 Å². The number of hydrogen-bond donors (Lipinski definition) is 3. The molecule has 0 bridgehead atoms. The van der Waals surface area contributed by atoms with Crippen molar-refractivity contribution < 1.29 is 24.6 Å². The molecular formula is C31H30Cl2N2O5. The van der Waals surface area contributed by atoms with Crippen LogP contribution in [0.1, 0.15) is 75.0 Å². The van der Waals surface area contributed by atoms with E-state index < -0.39 is 30.1 Å². The Bertz CT molecular complexity index is 1440. The highest BCUT2D eigenvalue weighted by Gasteiger charge is 2.48. The molecule has 1 heterocycles. The molecule has 0 spiro atoms. The van der Waals surface area contributed by atoms with Crippen molar-refractivity contribution in [3.8, 4) is 0 Å². The summed E-state index contributed by atoms with van der Waals surface area (Å²) in [6.07, 6.45) is 2.48. The van der Waals surface area contributed by atoms with Gasteiger partial charge in [-0.3, -0.25) is 9.59 Å². The lowest BCUT2D eigenvalue weighted by molar-refractivity contribution is -0.125. The summed E-state index contributed by atoms with van der Waals surface area (Å²) in [5.41, 5.74) is 2.36. The zero-order valence-corrected chi connectivity index (χ0v) is 23.2. The van der Waals surface area contributed by atoms with Crippen molar-refractivity contribution in [3.63, 3.8) is 0 Å². The SMILES string of the molecule is O=C(O)c1ccccc1CCNC(=O)[C@@H]1c2ccccc2C(=O)N([C@H]2CCCC[C@@H]2O)[C@H]1c1ccc(Cl)cc1Cl. The van der Waals surface area contributed by atoms with Gasteiger partial charge >= 0.3 is 5.97 Å². The lowest BCUT2D eigenvalue weighted by Gasteiger charge is -2.48. The molecule has 0 unspecified atom stereocenters. The Morgan fingerprint density at radius 1 is 0.950 bits per heavy atom. The summed E-state index contributed by atoms with van der Waals surface area (Å²) in [4.78, 5) is 41.4. The lowest BCUT2D eigenvalue weighted by atomic mass is 9.76. The number of hydrogen-bond acceptors (Lipinski definition) is 4. The third-order valence-corrected chi connectivity index (χ3v) is 8.49. The Morgan fingerprint density at radius 2 is 1.68 bits per heavy atom. The predicted molar refractivity (Wildman–Crippen MR) is 153 cm³/mol. The number of nitrogens with one attached hydrogen (secondary N) is 1. The lowest BCUT2D eigenvalue weighted by Crippen LogP contribution is -2.55. The first-order valence-electron chi connectivity index (χ1n) is 13.4. The maximum Gasteiger partial charge on any atom is 0.335 e. The number of nitrogens with zero attached hydrogens (tertiary/aromatic N) is 1. The fourth-order valence-corrected chi connectivity index (χ4v) is 6.59. The van der Waals surface area contributed by atoms with Crippen molar-refractivity contribution in [2.24, 2.45) is 0 Å². The molecule has 40 heavy (non-hydrogen) atoms. The van der Waals surface area contributed by atoms with E-state index in [-0.39, 0.29) is 23.9 Å². The second kappa shape index (κ2) is 12.0. The summed E-state index contributed by atoms with van der Waals surface area (Å²) < 4.78 is 0. The minimum Gasteiger partial charge on any atom is -0.478 e. The zero-order chi connectivity index (χ0) is 28.4. The molecule has 3 N–H and O–H groups in total. The van der Waals surface area contributed by atoms with Crippen molar-refractivity contribution in [1.29, 1.82) is 0 Å². The second-order valence-electron chi connectivity index (χ2n) is 10.3. The maximum atomic E-state index is 14.1. The predicted octanol–water partition coefficient (Wildman–Crippen LogP) is 5.63. The number of aliphatic hydroxyl groups excluding tert-OH is 1. The van der Waals surface area contributed by atoms with Crippen molar-refractivity contribution in [1.82, 2.24) is 10.2 Å². The van der Waals surface area contributed by atoms with Gasteiger partial charge in [-0.15, -0.1) is 0 Å². The van der Waals surface area contributed by atoms with E-state index in [9.17, 15) is 24.6 Å². The number of amides is 2. The first-order valence-corrected chi connectivity index (χ1v) is 14.2. The number of benzene rings is 3. The number of fused-ring (bicyclic) bond motifs is 1. The van der Waals surface area contributed by atoms with Crippen molar-refractivity contribution in [2.75, 3.05) is 6.54 Å². The van der Waals surface area contributed by atoms with Crippen LogP contribution in [0.4, 0.5) is 0 Å². The van der Waals surface area contributed by atoms with E-state index >= 15 is 0 Å². The highest BCUT2D eigenvalue weighted by molar-refractivity contribution is 6.35. The monoisotopic (exact) mass is 580 g/mol. The average Bonchev–Trinajstić information content (AvgIpc) is 2.94. The highest BCUT2D eigenvalue weighted by atomic mass is 35.5. The molecule has 7 nitrogen and oxygen atoms in total. The van der Waals surface area contributed by atoms with Gasteiger partial charge in [0.05, 0.1) is 29.7 Å². The Balaban J connectivity index is 1.55. The van der Waals surface area contributed by atoms with Gasteiger partial charge in [-0.2, -0.15) is 0 Å². The molecule has 0 aromatic heterocycles. The standard InChI is InChI=1S/C31H30Cl2N2O5/c32-19-13-14-23(24(33)17-19)28-27(29(37)34-16-15-18-7-1-2-8-20(18)31(39)40)21-9-3-4-10-22(21)30(38)35(28)25-11-5-6-12-26(25)36/h1-4,7-10,13-14,17,25-28,36H,5-6,11-12,15-16H2,(H,34,37)(H,39,40)/t25-,26-,27+,28-/m0/s1. The Labute approximate surface area is 242 Å². The van der Waals surface area contributed by atoms with E-state index in [0.717, 1.165) is 12.8 Å². The fourth-order valence-electron chi connectivity index (χ4n) is 6.06. The summed E-state index contributed by atoms with van der Waals surface area (Å²) in [6, 6.07) is 17.5. The van der Waals surface area contributed by atoms with Crippen LogP contribution in [0.3, 0.4) is 0 Å². The molecule has 2 amide bonds. The summed E-state index contributed by atoms with van der Waals surface area (Å²) in [5, 5.41) is 24.3. The molecule has 3 aromatic carbocycles. The van der Waals surface area contributed by atoms with Gasteiger partial charge in [0.25, 0.3) is 5.91 Å². The van der Waals surface area contributed by atoms with Crippen LogP contribution < -0.4 is 5.32 Å². The van der Waals surface area contributed by atoms with Crippen molar-refractivity contribution in [3.05, 3.63) is 105 Å². The van der Waals surface area contributed by atoms with Gasteiger partial charge in [0.1, 0.15) is 0 Å². The Morgan fingerprint density at radius 3 is 2.42 bits per heavy atom. The quantitative estimate of drug-likeness (QED) is 0.335. The molecule has 1 aliphatic heterocycles. The Hall–Kier alpha value is -3.39. The molecule has 208 valence electrons. The second-order valence-corrected chi connectivity index (χ2v) is 11.2. The van der Waals surface area contributed by atoms with Crippen molar-refractivity contribution >= 4 is 41.0 Å². The van der Waals surface area contributed by atoms with Crippen LogP contribution in [-0.2, 0) is 11.2 Å². The average molecular weight is 581 g/mol. The summed E-state index contributed by atoms with van der Waals surface area (Å²) >= 11 is 12.9. The van der Waals surface area contributed by atoms with Gasteiger partial charge in [0, 0.05) is 22.2 Å². The third kappa shape index (κ3) is 5.46. The van der Waals surface area contributed by atoms with E-state index in [2.05, 4.69) is 5.32 Å². The largest absolute Gasteiger partial charge is 0.478 e. The number of halogens is 2. The molecule has 1 saturated carbocycles. The minimum absolute atomic E-state index is 0.189. The van der Waals surface area contributed by atoms with Gasteiger partial charge in [0.2, 0.25) is 5.91 Å². The van der Waals surface area contributed by atoms with E-state index in [1.165, 1.54) is 6.07 Å². The summed E-state index contributed by atoms with van der Waals surface area (Å²) in [7, 11) is 0. The van der Waals surface area contributed by atoms with Gasteiger partial charge in [-0.05, 0) is 60.2 Å². The van der Waals surface area contributed by atoms with Crippen LogP contribution in [0.2, 0.25) is 10.0 Å². The first kappa shape index (κ1) is 28.1. The number of aliphatic hydroxyl groups is 1. The molecule has 3 aromatic rings. The topological polar surface area (TPSA) is 107 Å². The van der Waals surface area contributed by atoms with E-state index in [1.54, 1.807) is 65.6 Å². The molecular weight excluding hydrogens is 551 g/mol. The number of carbonyl (C=O) groups is 3. The van der Waals surface area contributed by atoms with Crippen LogP contribution in [0.25, 0.3) is 0 Å². The minimum atomic E-state index is -1.03. The van der Waals surface area contributed by atoms with E-state index in [0.29, 0.717) is 51.6 Å². The third-order valence-electron chi connectivity index (χ3n) is 7.93. The normalized spacial score (nSPS) is 22.5. The highest BCUT2D eigenvalue weighted by Crippen LogP contribution is 2.47. The summed E-state index contributed by atoms with van der Waals surface area (Å²) in [5.74, 6) is -2.42. The molecule has 4 atom stereocenters. The molecule has 0 saturated heterocycles. The number of carbonyl (C=O) groups excluding carboxylic acids is 2. The van der Waals surface area contributed by atoms with E-state index in [1.807, 2.05) is 0 Å². The number of carboxylic acids is 1.